The third kappa shape index (κ3) is 2.60. The fourth-order valence-electron chi connectivity index (χ4n) is 2.74. The molecule has 1 aromatic carbocycles. The third-order valence-electron chi connectivity index (χ3n) is 3.59. The van der Waals surface area contributed by atoms with E-state index in [1.807, 2.05) is 37.3 Å². The summed E-state index contributed by atoms with van der Waals surface area (Å²) < 4.78 is 23.9. The molecule has 2 heterocycles. The van der Waals surface area contributed by atoms with Gasteiger partial charge in [-0.2, -0.15) is 0 Å². The van der Waals surface area contributed by atoms with E-state index < -0.39 is 11.3 Å². The van der Waals surface area contributed by atoms with Crippen LogP contribution in [0.25, 0.3) is 10.8 Å². The van der Waals surface area contributed by atoms with Crippen molar-refractivity contribution in [2.45, 2.75) is 19.0 Å². The van der Waals surface area contributed by atoms with Crippen LogP contribution in [-0.4, -0.2) is 37.2 Å². The first-order chi connectivity index (χ1) is 9.65. The van der Waals surface area contributed by atoms with Gasteiger partial charge in [0.05, 0.1) is 11.7 Å². The molecule has 0 saturated carbocycles. The summed E-state index contributed by atoms with van der Waals surface area (Å²) >= 11 is -2.19. The summed E-state index contributed by atoms with van der Waals surface area (Å²) in [6.07, 6.45) is 1.77. The Hall–Kier alpha value is -1.34. The number of nitrogens with zero attached hydrogens (tertiary/aromatic N) is 2. The Morgan fingerprint density at radius 3 is 2.95 bits per heavy atom. The molecule has 2 aromatic rings. The van der Waals surface area contributed by atoms with Gasteiger partial charge in [0.2, 0.25) is 0 Å². The number of hydrogen-bond acceptors (Lipinski definition) is 4. The van der Waals surface area contributed by atoms with E-state index in [1.165, 1.54) is 4.31 Å². The molecular formula is C14H16N3O2S-. The number of rotatable bonds is 2. The summed E-state index contributed by atoms with van der Waals surface area (Å²) in [5.74, 6) is 0. The highest BCUT2D eigenvalue weighted by molar-refractivity contribution is 7.76. The number of aromatic nitrogens is 1. The fourth-order valence-corrected chi connectivity index (χ4v) is 3.36. The van der Waals surface area contributed by atoms with Crippen LogP contribution in [0.5, 0.6) is 0 Å². The Bertz CT molecular complexity index is 644. The lowest BCUT2D eigenvalue weighted by atomic mass is 10.0. The minimum Gasteiger partial charge on any atom is -0.760 e. The van der Waals surface area contributed by atoms with Crippen LogP contribution in [0.3, 0.4) is 0 Å². The second-order valence-electron chi connectivity index (χ2n) is 5.10. The summed E-state index contributed by atoms with van der Waals surface area (Å²) in [5.41, 5.74) is 0.908. The molecule has 0 amide bonds. The van der Waals surface area contributed by atoms with Crippen molar-refractivity contribution in [2.75, 3.05) is 13.1 Å². The lowest BCUT2D eigenvalue weighted by Crippen LogP contribution is -2.51. The first-order valence-electron chi connectivity index (χ1n) is 6.59. The summed E-state index contributed by atoms with van der Waals surface area (Å²) in [6, 6.07) is 10.0. The normalized spacial score (nSPS) is 25.7. The van der Waals surface area contributed by atoms with E-state index in [0.29, 0.717) is 13.1 Å². The zero-order valence-electron chi connectivity index (χ0n) is 11.2. The molecule has 106 valence electrons. The van der Waals surface area contributed by atoms with E-state index in [2.05, 4.69) is 10.3 Å². The summed E-state index contributed by atoms with van der Waals surface area (Å²) in [4.78, 5) is 4.47. The highest BCUT2D eigenvalue weighted by atomic mass is 32.2. The quantitative estimate of drug-likeness (QED) is 0.848. The van der Waals surface area contributed by atoms with Crippen molar-refractivity contribution in [1.82, 2.24) is 14.6 Å². The molecule has 1 unspecified atom stereocenters. The van der Waals surface area contributed by atoms with Gasteiger partial charge in [0.15, 0.2) is 0 Å². The van der Waals surface area contributed by atoms with Gasteiger partial charge < -0.3 is 9.87 Å². The van der Waals surface area contributed by atoms with E-state index >= 15 is 0 Å². The minimum absolute atomic E-state index is 0.0808. The van der Waals surface area contributed by atoms with Gasteiger partial charge in [-0.1, -0.05) is 24.3 Å². The first-order valence-corrected chi connectivity index (χ1v) is 7.62. The molecule has 1 aliphatic rings. The average Bonchev–Trinajstić information content (AvgIpc) is 2.46. The predicted molar refractivity (Wildman–Crippen MR) is 77.6 cm³/mol. The predicted octanol–water partition coefficient (Wildman–Crippen LogP) is 1.36. The van der Waals surface area contributed by atoms with Gasteiger partial charge in [-0.15, -0.1) is 0 Å². The molecule has 3 atom stereocenters. The van der Waals surface area contributed by atoms with Gasteiger partial charge in [-0.3, -0.25) is 9.19 Å². The van der Waals surface area contributed by atoms with Crippen LogP contribution in [0, 0.1) is 0 Å². The second kappa shape index (κ2) is 5.57. The number of pyridine rings is 1. The molecule has 0 aliphatic carbocycles. The van der Waals surface area contributed by atoms with E-state index in [1.54, 1.807) is 6.20 Å². The fraction of sp³-hybridized carbons (Fsp3) is 0.357. The molecule has 0 radical (unpaired) electrons. The Balaban J connectivity index is 1.99. The van der Waals surface area contributed by atoms with Crippen LogP contribution < -0.4 is 5.32 Å². The lowest BCUT2D eigenvalue weighted by Gasteiger charge is -2.38. The van der Waals surface area contributed by atoms with Crippen molar-refractivity contribution in [3.05, 3.63) is 42.2 Å². The maximum Gasteiger partial charge on any atom is 0.0664 e. The van der Waals surface area contributed by atoms with Crippen LogP contribution in [0.1, 0.15) is 18.7 Å². The molecular weight excluding hydrogens is 274 g/mol. The molecule has 0 spiro atoms. The lowest BCUT2D eigenvalue weighted by molar-refractivity contribution is 0.247. The molecule has 1 aromatic heterocycles. The SMILES string of the molecule is C[C@H]1CN(S(=O)[O-])C[C@H](c2nccc3ccccc23)N1. The molecule has 1 aliphatic heterocycles. The maximum absolute atomic E-state index is 11.2. The van der Waals surface area contributed by atoms with Gasteiger partial charge in [0.1, 0.15) is 0 Å². The second-order valence-corrected chi connectivity index (χ2v) is 6.05. The van der Waals surface area contributed by atoms with Crippen LogP contribution in [-0.2, 0) is 11.3 Å². The maximum atomic E-state index is 11.2. The number of piperazine rings is 1. The number of hydrogen-bond donors (Lipinski definition) is 1. The van der Waals surface area contributed by atoms with E-state index in [0.717, 1.165) is 16.5 Å². The van der Waals surface area contributed by atoms with Crippen molar-refractivity contribution in [1.29, 1.82) is 0 Å². The van der Waals surface area contributed by atoms with Crippen LogP contribution in [0.15, 0.2) is 36.5 Å². The molecule has 1 fully saturated rings. The zero-order chi connectivity index (χ0) is 14.1. The largest absolute Gasteiger partial charge is 0.760 e. The van der Waals surface area contributed by atoms with E-state index in [4.69, 9.17) is 0 Å². The summed E-state index contributed by atoms with van der Waals surface area (Å²) in [7, 11) is 0. The van der Waals surface area contributed by atoms with E-state index in [9.17, 15) is 8.76 Å². The van der Waals surface area contributed by atoms with Crippen molar-refractivity contribution >= 4 is 22.0 Å². The third-order valence-corrected chi connectivity index (χ3v) is 4.31. The van der Waals surface area contributed by atoms with Crippen molar-refractivity contribution < 1.29 is 8.76 Å². The smallest absolute Gasteiger partial charge is 0.0664 e. The number of fused-ring (bicyclic) bond motifs is 1. The van der Waals surface area contributed by atoms with Gasteiger partial charge in [-0.25, -0.2) is 4.31 Å². The van der Waals surface area contributed by atoms with Crippen molar-refractivity contribution in [2.24, 2.45) is 0 Å². The minimum atomic E-state index is -2.19. The van der Waals surface area contributed by atoms with Gasteiger partial charge in [-0.05, 0) is 18.4 Å². The van der Waals surface area contributed by atoms with Crippen LogP contribution in [0.2, 0.25) is 0 Å². The average molecular weight is 290 g/mol. The Kier molecular flexibility index (Phi) is 3.80. The Morgan fingerprint density at radius 2 is 2.15 bits per heavy atom. The van der Waals surface area contributed by atoms with Gasteiger partial charge in [0, 0.05) is 42.0 Å². The molecule has 6 heteroatoms. The molecule has 1 N–H and O–H groups in total. The van der Waals surface area contributed by atoms with E-state index in [-0.39, 0.29) is 12.1 Å². The van der Waals surface area contributed by atoms with Gasteiger partial charge >= 0.3 is 0 Å². The zero-order valence-corrected chi connectivity index (χ0v) is 12.0. The molecule has 5 nitrogen and oxygen atoms in total. The monoisotopic (exact) mass is 290 g/mol. The highest BCUT2D eigenvalue weighted by Gasteiger charge is 2.27. The Morgan fingerprint density at radius 1 is 1.35 bits per heavy atom. The number of benzene rings is 1. The molecule has 0 bridgehead atoms. The Labute approximate surface area is 120 Å². The highest BCUT2D eigenvalue weighted by Crippen LogP contribution is 2.25. The first kappa shape index (κ1) is 13.6. The standard InChI is InChI=1S/C14H17N3O2S/c1-10-8-17(20(18)19)9-13(16-10)14-12-5-3-2-4-11(12)6-7-15-14/h2-7,10,13,16H,8-9H2,1H3,(H,18,19)/p-1/t10-,13+/m0/s1. The summed E-state index contributed by atoms with van der Waals surface area (Å²) in [6.45, 7) is 2.90. The molecule has 20 heavy (non-hydrogen) atoms. The van der Waals surface area contributed by atoms with Crippen molar-refractivity contribution in [3.63, 3.8) is 0 Å². The summed E-state index contributed by atoms with van der Waals surface area (Å²) in [5, 5.41) is 5.62. The van der Waals surface area contributed by atoms with Crippen molar-refractivity contribution in [3.8, 4) is 0 Å². The molecule has 1 saturated heterocycles. The van der Waals surface area contributed by atoms with Gasteiger partial charge in [0.25, 0.3) is 0 Å². The molecule has 3 rings (SSSR count). The van der Waals surface area contributed by atoms with Crippen LogP contribution >= 0.6 is 0 Å². The number of nitrogens with one attached hydrogen (secondary N) is 1. The van der Waals surface area contributed by atoms with Crippen LogP contribution in [0.4, 0.5) is 0 Å². The topological polar surface area (TPSA) is 68.3 Å².